The normalized spacial score (nSPS) is 14.9. The highest BCUT2D eigenvalue weighted by Gasteiger charge is 2.23. The van der Waals surface area contributed by atoms with Crippen molar-refractivity contribution in [1.29, 1.82) is 0 Å². The quantitative estimate of drug-likeness (QED) is 0.920. The first-order valence-corrected chi connectivity index (χ1v) is 7.79. The van der Waals surface area contributed by atoms with Crippen molar-refractivity contribution < 1.29 is 0 Å². The zero-order chi connectivity index (χ0) is 13.1. The summed E-state index contributed by atoms with van der Waals surface area (Å²) in [6.45, 7) is 2.82. The van der Waals surface area contributed by atoms with E-state index in [0.29, 0.717) is 0 Å². The summed E-state index contributed by atoms with van der Waals surface area (Å²) in [6, 6.07) is 4.19. The van der Waals surface area contributed by atoms with E-state index in [1.54, 1.807) is 22.7 Å². The fourth-order valence-electron chi connectivity index (χ4n) is 2.03. The molecule has 2 aromatic rings. The van der Waals surface area contributed by atoms with Gasteiger partial charge in [-0.3, -0.25) is 4.90 Å². The Morgan fingerprint density at radius 3 is 2.78 bits per heavy atom. The lowest BCUT2D eigenvalue weighted by molar-refractivity contribution is 0.212. The van der Waals surface area contributed by atoms with Crippen LogP contribution in [0.1, 0.15) is 23.5 Å². The minimum Gasteiger partial charge on any atom is -0.326 e. The zero-order valence-electron chi connectivity index (χ0n) is 10.3. The summed E-state index contributed by atoms with van der Waals surface area (Å²) in [5.74, 6) is 0. The molecule has 0 aliphatic carbocycles. The van der Waals surface area contributed by atoms with Gasteiger partial charge in [0.25, 0.3) is 0 Å². The third-order valence-corrected chi connectivity index (χ3v) is 4.69. The zero-order valence-corrected chi connectivity index (χ0v) is 12.7. The molecule has 0 aliphatic rings. The van der Waals surface area contributed by atoms with Gasteiger partial charge in [0.05, 0.1) is 21.6 Å². The number of aromatic nitrogens is 1. The SMILES string of the molecule is CC(N)C(c1ccc(Cl)s1)N(C)Cc1cscn1. The average molecular weight is 302 g/mol. The molecule has 18 heavy (non-hydrogen) atoms. The highest BCUT2D eigenvalue weighted by Crippen LogP contribution is 2.32. The Bertz CT molecular complexity index is 481. The number of nitrogens with two attached hydrogens (primary N) is 1. The van der Waals surface area contributed by atoms with Gasteiger partial charge in [-0.25, -0.2) is 4.98 Å². The Morgan fingerprint density at radius 1 is 1.50 bits per heavy atom. The molecule has 3 nitrogen and oxygen atoms in total. The van der Waals surface area contributed by atoms with E-state index in [0.717, 1.165) is 16.6 Å². The van der Waals surface area contributed by atoms with Crippen molar-refractivity contribution in [2.24, 2.45) is 5.73 Å². The van der Waals surface area contributed by atoms with Gasteiger partial charge in [0, 0.05) is 22.8 Å². The summed E-state index contributed by atoms with van der Waals surface area (Å²) in [6.07, 6.45) is 0. The molecular formula is C12H16ClN3S2. The van der Waals surface area contributed by atoms with Gasteiger partial charge < -0.3 is 5.73 Å². The number of thiophene rings is 1. The van der Waals surface area contributed by atoms with E-state index in [1.165, 1.54) is 4.88 Å². The minimum absolute atomic E-state index is 0.0448. The molecule has 6 heteroatoms. The van der Waals surface area contributed by atoms with Gasteiger partial charge in [-0.05, 0) is 26.1 Å². The smallest absolute Gasteiger partial charge is 0.0931 e. The monoisotopic (exact) mass is 301 g/mol. The van der Waals surface area contributed by atoms with Crippen molar-refractivity contribution in [3.8, 4) is 0 Å². The van der Waals surface area contributed by atoms with Crippen molar-refractivity contribution in [3.05, 3.63) is 37.9 Å². The standard InChI is InChI=1S/C12H16ClN3S2/c1-8(14)12(10-3-4-11(13)18-10)16(2)5-9-6-17-7-15-9/h3-4,6-8,12H,5,14H2,1-2H3. The third kappa shape index (κ3) is 3.30. The van der Waals surface area contributed by atoms with Crippen molar-refractivity contribution in [1.82, 2.24) is 9.88 Å². The fraction of sp³-hybridized carbons (Fsp3) is 0.417. The summed E-state index contributed by atoms with van der Waals surface area (Å²) in [4.78, 5) is 7.74. The Hall–Kier alpha value is -0.460. The molecule has 0 fully saturated rings. The number of halogens is 1. The molecule has 0 aromatic carbocycles. The van der Waals surface area contributed by atoms with Crippen molar-refractivity contribution in [2.75, 3.05) is 7.05 Å². The molecule has 0 radical (unpaired) electrons. The van der Waals surface area contributed by atoms with Crippen LogP contribution < -0.4 is 5.73 Å². The van der Waals surface area contributed by atoms with Crippen molar-refractivity contribution >= 4 is 34.3 Å². The molecule has 2 atom stereocenters. The second-order valence-electron chi connectivity index (χ2n) is 4.34. The molecular weight excluding hydrogens is 286 g/mol. The lowest BCUT2D eigenvalue weighted by Gasteiger charge is -2.29. The second kappa shape index (κ2) is 6.12. The van der Waals surface area contributed by atoms with Crippen LogP contribution in [0.15, 0.2) is 23.0 Å². The first-order chi connectivity index (χ1) is 8.58. The van der Waals surface area contributed by atoms with Crippen LogP contribution >= 0.6 is 34.3 Å². The summed E-state index contributed by atoms with van der Waals surface area (Å²) in [5.41, 5.74) is 9.04. The van der Waals surface area contributed by atoms with E-state index in [4.69, 9.17) is 17.3 Å². The molecule has 2 N–H and O–H groups in total. The molecule has 2 heterocycles. The van der Waals surface area contributed by atoms with Crippen LogP contribution in [-0.4, -0.2) is 23.0 Å². The molecule has 0 aliphatic heterocycles. The number of hydrogen-bond acceptors (Lipinski definition) is 5. The average Bonchev–Trinajstić information content (AvgIpc) is 2.90. The molecule has 0 amide bonds. The summed E-state index contributed by atoms with van der Waals surface area (Å²) >= 11 is 9.21. The Labute approximate surface area is 120 Å². The van der Waals surface area contributed by atoms with Crippen LogP contribution in [0.3, 0.4) is 0 Å². The van der Waals surface area contributed by atoms with Gasteiger partial charge >= 0.3 is 0 Å². The Morgan fingerprint density at radius 2 is 2.28 bits per heavy atom. The summed E-state index contributed by atoms with van der Waals surface area (Å²) < 4.78 is 0.803. The van der Waals surface area contributed by atoms with Gasteiger partial charge in [-0.2, -0.15) is 0 Å². The number of nitrogens with zero attached hydrogens (tertiary/aromatic N) is 2. The number of likely N-dealkylation sites (N-methyl/N-ethyl adjacent to an activating group) is 1. The maximum Gasteiger partial charge on any atom is 0.0931 e. The maximum atomic E-state index is 6.11. The van der Waals surface area contributed by atoms with Crippen LogP contribution in [0.4, 0.5) is 0 Å². The predicted octanol–water partition coefficient (Wildman–Crippen LogP) is 3.38. The van der Waals surface area contributed by atoms with Crippen LogP contribution in [-0.2, 0) is 6.54 Å². The van der Waals surface area contributed by atoms with Crippen LogP contribution in [0.25, 0.3) is 0 Å². The molecule has 2 unspecified atom stereocenters. The predicted molar refractivity (Wildman–Crippen MR) is 79.3 cm³/mol. The molecule has 0 spiro atoms. The molecule has 0 saturated carbocycles. The molecule has 2 aromatic heterocycles. The van der Waals surface area contributed by atoms with Gasteiger partial charge in [0.15, 0.2) is 0 Å². The molecule has 0 saturated heterocycles. The first kappa shape index (κ1) is 14.0. The highest BCUT2D eigenvalue weighted by atomic mass is 35.5. The summed E-state index contributed by atoms with van der Waals surface area (Å²) in [7, 11) is 2.07. The van der Waals surface area contributed by atoms with Gasteiger partial charge in [-0.1, -0.05) is 11.6 Å². The third-order valence-electron chi connectivity index (χ3n) is 2.75. The Kier molecular flexibility index (Phi) is 4.75. The largest absolute Gasteiger partial charge is 0.326 e. The van der Waals surface area contributed by atoms with Crippen molar-refractivity contribution in [3.63, 3.8) is 0 Å². The van der Waals surface area contributed by atoms with E-state index in [1.807, 2.05) is 18.5 Å². The van der Waals surface area contributed by atoms with Crippen molar-refractivity contribution in [2.45, 2.75) is 25.6 Å². The Balaban J connectivity index is 2.15. The topological polar surface area (TPSA) is 42.1 Å². The number of rotatable bonds is 5. The van der Waals surface area contributed by atoms with Gasteiger partial charge in [-0.15, -0.1) is 22.7 Å². The van der Waals surface area contributed by atoms with Gasteiger partial charge in [0.2, 0.25) is 0 Å². The number of thiazole rings is 1. The highest BCUT2D eigenvalue weighted by molar-refractivity contribution is 7.16. The van der Waals surface area contributed by atoms with Crippen LogP contribution in [0.2, 0.25) is 4.34 Å². The summed E-state index contributed by atoms with van der Waals surface area (Å²) in [5, 5.41) is 2.07. The fourth-order valence-corrected chi connectivity index (χ4v) is 3.93. The molecule has 98 valence electrons. The lowest BCUT2D eigenvalue weighted by atomic mass is 10.1. The van der Waals surface area contributed by atoms with Crippen LogP contribution in [0, 0.1) is 0 Å². The first-order valence-electron chi connectivity index (χ1n) is 5.66. The van der Waals surface area contributed by atoms with E-state index in [9.17, 15) is 0 Å². The van der Waals surface area contributed by atoms with E-state index >= 15 is 0 Å². The maximum absolute atomic E-state index is 6.11. The van der Waals surface area contributed by atoms with Crippen LogP contribution in [0.5, 0.6) is 0 Å². The van der Waals surface area contributed by atoms with E-state index in [2.05, 4.69) is 28.4 Å². The van der Waals surface area contributed by atoms with E-state index in [-0.39, 0.29) is 12.1 Å². The lowest BCUT2D eigenvalue weighted by Crippen LogP contribution is -2.36. The van der Waals surface area contributed by atoms with E-state index < -0.39 is 0 Å². The minimum atomic E-state index is 0.0448. The number of hydrogen-bond donors (Lipinski definition) is 1. The molecule has 2 rings (SSSR count). The van der Waals surface area contributed by atoms with Gasteiger partial charge in [0.1, 0.15) is 0 Å². The molecule has 0 bridgehead atoms. The second-order valence-corrected chi connectivity index (χ2v) is 6.81.